The highest BCUT2D eigenvalue weighted by Gasteiger charge is 2.45. The number of rotatable bonds is 16. The standard InChI is InChI=1S/C39H32ClN3O2.C37H31ClN2O2/c1-27(2)39(44,32-19-21-33-28(22-32)18-20-34(37(33)40)35-23-41-26-45-35)36-24-43(25-42-36)38(29-12-6-3-7-13-29,30-14-8-4-9-15-30)31-16-10-5-11-17-31;1-26(2)37(42,32-20-21-33-27(22-32)18-19-28(24-41)35(33)38)34-23-40(25-39-34)36(29-12-6-3-7-13-29,30-14-8-4-9-15-30)31-16-10-5-11-17-31/h3-27,44H,1-2H3;3-26,42H,1-2H3. The van der Waals surface area contributed by atoms with Crippen LogP contribution in [0, 0.1) is 11.8 Å². The Kier molecular flexibility index (Phi) is 16.1. The minimum atomic E-state index is -1.40. The molecule has 2 atom stereocenters. The molecule has 13 rings (SSSR count). The molecule has 0 fully saturated rings. The van der Waals surface area contributed by atoms with Crippen LogP contribution in [0.15, 0.2) is 285 Å². The van der Waals surface area contributed by atoms with Crippen LogP contribution in [-0.4, -0.2) is 40.6 Å². The molecule has 0 radical (unpaired) electrons. The van der Waals surface area contributed by atoms with Crippen molar-refractivity contribution in [2.24, 2.45) is 11.8 Å². The molecule has 2 N–H and O–H groups in total. The second kappa shape index (κ2) is 24.1. The monoisotopic (exact) mass is 1180 g/mol. The lowest BCUT2D eigenvalue weighted by Crippen LogP contribution is -2.37. The van der Waals surface area contributed by atoms with Gasteiger partial charge in [-0.05, 0) is 91.4 Å². The van der Waals surface area contributed by atoms with Gasteiger partial charge in [-0.25, -0.2) is 15.0 Å². The van der Waals surface area contributed by atoms with Gasteiger partial charge in [-0.15, -0.1) is 0 Å². The lowest BCUT2D eigenvalue weighted by atomic mass is 9.76. The van der Waals surface area contributed by atoms with Gasteiger partial charge in [0.15, 0.2) is 18.4 Å². The molecule has 0 saturated carbocycles. The zero-order valence-electron chi connectivity index (χ0n) is 48.5. The second-order valence-corrected chi connectivity index (χ2v) is 23.3. The van der Waals surface area contributed by atoms with Crippen molar-refractivity contribution in [2.75, 3.05) is 0 Å². The van der Waals surface area contributed by atoms with Crippen molar-refractivity contribution >= 4 is 51.0 Å². The molecule has 0 bridgehead atoms. The molecule has 0 saturated heterocycles. The van der Waals surface area contributed by atoms with Gasteiger partial charge in [-0.2, -0.15) is 0 Å². The zero-order chi connectivity index (χ0) is 60.3. The van der Waals surface area contributed by atoms with E-state index >= 15 is 0 Å². The van der Waals surface area contributed by atoms with Gasteiger partial charge in [0.2, 0.25) is 0 Å². The van der Waals surface area contributed by atoms with E-state index < -0.39 is 22.3 Å². The third-order valence-electron chi connectivity index (χ3n) is 17.2. The lowest BCUT2D eigenvalue weighted by Gasteiger charge is -2.37. The summed E-state index contributed by atoms with van der Waals surface area (Å²) in [6.45, 7) is 8.01. The first-order valence-electron chi connectivity index (χ1n) is 29.0. The van der Waals surface area contributed by atoms with Gasteiger partial charge in [0.1, 0.15) is 22.3 Å². The number of halogens is 2. The van der Waals surface area contributed by atoms with Gasteiger partial charge in [0, 0.05) is 34.3 Å². The van der Waals surface area contributed by atoms with Crippen molar-refractivity contribution < 1.29 is 19.4 Å². The molecule has 9 nitrogen and oxygen atoms in total. The Morgan fingerprint density at radius 1 is 0.448 bits per heavy atom. The summed E-state index contributed by atoms with van der Waals surface area (Å²) in [7, 11) is 0. The fourth-order valence-corrected chi connectivity index (χ4v) is 13.2. The highest BCUT2D eigenvalue weighted by atomic mass is 35.5. The number of carbonyl (C=O) groups is 1. The number of oxazole rings is 1. The Balaban J connectivity index is 0.000000170. The van der Waals surface area contributed by atoms with Crippen molar-refractivity contribution in [1.82, 2.24) is 24.1 Å². The minimum Gasteiger partial charge on any atom is -0.443 e. The predicted octanol–water partition coefficient (Wildman–Crippen LogP) is 17.3. The van der Waals surface area contributed by atoms with Gasteiger partial charge in [-0.1, -0.05) is 269 Å². The van der Waals surface area contributed by atoms with Gasteiger partial charge in [-0.3, -0.25) is 4.79 Å². The Morgan fingerprint density at radius 3 is 1.14 bits per heavy atom. The number of aromatic nitrogens is 5. The summed E-state index contributed by atoms with van der Waals surface area (Å²) in [6.07, 6.45) is 11.4. The molecule has 13 aromatic rings. The number of aliphatic hydroxyl groups is 2. The van der Waals surface area contributed by atoms with Crippen LogP contribution in [0.2, 0.25) is 10.0 Å². The topological polar surface area (TPSA) is 119 Å². The third-order valence-corrected chi connectivity index (χ3v) is 18.0. The molecule has 10 aromatic carbocycles. The molecule has 0 aliphatic carbocycles. The number of fused-ring (bicyclic) bond motifs is 2. The maximum Gasteiger partial charge on any atom is 0.181 e. The minimum absolute atomic E-state index is 0.193. The summed E-state index contributed by atoms with van der Waals surface area (Å²) in [5, 5.41) is 29.5. The van der Waals surface area contributed by atoms with Gasteiger partial charge in [0.05, 0.1) is 40.3 Å². The molecule has 11 heteroatoms. The second-order valence-electron chi connectivity index (χ2n) is 22.5. The summed E-state index contributed by atoms with van der Waals surface area (Å²) >= 11 is 13.3. The summed E-state index contributed by atoms with van der Waals surface area (Å²) in [5.41, 5.74) is 5.98. The average Bonchev–Trinajstić information content (AvgIpc) is 1.82. The number of imidazole rings is 2. The fraction of sp³-hybridized carbons (Fsp3) is 0.132. The molecule has 0 aliphatic heterocycles. The molecule has 0 spiro atoms. The van der Waals surface area contributed by atoms with E-state index in [4.69, 9.17) is 37.6 Å². The molecule has 2 unspecified atom stereocenters. The first-order valence-corrected chi connectivity index (χ1v) is 29.8. The van der Waals surface area contributed by atoms with Crippen LogP contribution in [0.1, 0.15) is 93.9 Å². The number of nitrogens with zero attached hydrogens (tertiary/aromatic N) is 5. The molecule has 3 heterocycles. The number of carbonyl (C=O) groups excluding carboxylic acids is 1. The summed E-state index contributed by atoms with van der Waals surface area (Å²) in [5.74, 6) is 0.207. The number of hydrogen-bond donors (Lipinski definition) is 2. The summed E-state index contributed by atoms with van der Waals surface area (Å²) in [4.78, 5) is 25.3. The number of hydrogen-bond acceptors (Lipinski definition) is 7. The van der Waals surface area contributed by atoms with Gasteiger partial charge >= 0.3 is 0 Å². The average molecular weight is 1180 g/mol. The largest absolute Gasteiger partial charge is 0.443 e. The first-order chi connectivity index (χ1) is 42.3. The Hall–Kier alpha value is -9.48. The first kappa shape index (κ1) is 57.9. The maximum atomic E-state index is 12.6. The molecule has 0 aliphatic rings. The van der Waals surface area contributed by atoms with E-state index in [9.17, 15) is 15.0 Å². The molecule has 87 heavy (non-hydrogen) atoms. The maximum absolute atomic E-state index is 12.6. The molecular weight excluding hydrogens is 1120 g/mol. The third kappa shape index (κ3) is 10.1. The van der Waals surface area contributed by atoms with Crippen molar-refractivity contribution in [1.29, 1.82) is 0 Å². The Morgan fingerprint density at radius 2 is 0.805 bits per heavy atom. The highest BCUT2D eigenvalue weighted by Crippen LogP contribution is 2.47. The van der Waals surface area contributed by atoms with E-state index in [2.05, 4.69) is 160 Å². The van der Waals surface area contributed by atoms with Crippen molar-refractivity contribution in [2.45, 2.75) is 50.0 Å². The Labute approximate surface area is 516 Å². The van der Waals surface area contributed by atoms with Crippen LogP contribution in [0.5, 0.6) is 0 Å². The number of benzene rings is 10. The fourth-order valence-electron chi connectivity index (χ4n) is 12.6. The van der Waals surface area contributed by atoms with Gasteiger partial charge in [0.25, 0.3) is 0 Å². The van der Waals surface area contributed by atoms with E-state index in [1.165, 1.54) is 6.39 Å². The van der Waals surface area contributed by atoms with Crippen LogP contribution in [0.4, 0.5) is 0 Å². The van der Waals surface area contributed by atoms with Crippen molar-refractivity contribution in [3.8, 4) is 11.3 Å². The summed E-state index contributed by atoms with van der Waals surface area (Å²) in [6, 6.07) is 81.6. The van der Waals surface area contributed by atoms with E-state index in [1.807, 2.05) is 144 Å². The predicted molar refractivity (Wildman–Crippen MR) is 348 cm³/mol. The van der Waals surface area contributed by atoms with Crippen molar-refractivity contribution in [3.63, 3.8) is 0 Å². The van der Waals surface area contributed by atoms with Crippen LogP contribution in [0.3, 0.4) is 0 Å². The van der Waals surface area contributed by atoms with Crippen molar-refractivity contribution in [3.05, 3.63) is 352 Å². The lowest BCUT2D eigenvalue weighted by molar-refractivity contribution is 0.0277. The number of aldehydes is 1. The normalized spacial score (nSPS) is 13.3. The quantitative estimate of drug-likeness (QED) is 0.0730. The van der Waals surface area contributed by atoms with Crippen LogP contribution < -0.4 is 0 Å². The SMILES string of the molecule is CC(C)C(O)(c1ccc2c(Cl)c(-c3cnco3)ccc2c1)c1cn(C(c2ccccc2)(c2ccccc2)c2ccccc2)cn1.CC(C)C(O)(c1ccc2c(Cl)c(C=O)ccc2c1)c1cn(C(c2ccccc2)(c2ccccc2)c2ccccc2)cn1. The van der Waals surface area contributed by atoms with Gasteiger partial charge < -0.3 is 23.8 Å². The smallest absolute Gasteiger partial charge is 0.181 e. The zero-order valence-corrected chi connectivity index (χ0v) is 50.0. The van der Waals surface area contributed by atoms with E-state index in [0.717, 1.165) is 72.3 Å². The molecular formula is C76H63Cl2N5O4. The summed E-state index contributed by atoms with van der Waals surface area (Å²) < 4.78 is 9.75. The highest BCUT2D eigenvalue weighted by molar-refractivity contribution is 6.38. The van der Waals surface area contributed by atoms with E-state index in [0.29, 0.717) is 38.3 Å². The molecule has 3 aromatic heterocycles. The Bertz CT molecular complexity index is 4290. The van der Waals surface area contributed by atoms with Crippen LogP contribution >= 0.6 is 23.2 Å². The molecule has 0 amide bonds. The van der Waals surface area contributed by atoms with E-state index in [-0.39, 0.29) is 11.8 Å². The van der Waals surface area contributed by atoms with Crippen LogP contribution in [0.25, 0.3) is 32.9 Å². The van der Waals surface area contributed by atoms with Crippen LogP contribution in [-0.2, 0) is 22.3 Å². The molecule has 430 valence electrons. The van der Waals surface area contributed by atoms with E-state index in [1.54, 1.807) is 12.3 Å².